The number of nitrogens with zero attached hydrogens (tertiary/aromatic N) is 2. The Balaban J connectivity index is 1.63. The van der Waals surface area contributed by atoms with Crippen LogP contribution in [0, 0.1) is 12.8 Å². The smallest absolute Gasteiger partial charge is 0.243 e. The molecule has 1 atom stereocenters. The molecule has 154 valence electrons. The SMILES string of the molecule is Cc1ccc([C@H]2c3ccsc3CCN2C(=O)CN(C(=O)C2CC2)C(C)(C)C)cc1. The van der Waals surface area contributed by atoms with Gasteiger partial charge >= 0.3 is 0 Å². The standard InChI is InChI=1S/C24H30N2O2S/c1-16-5-7-17(8-6-16)22-19-12-14-29-20(19)11-13-25(22)21(27)15-26(24(2,3)4)23(28)18-9-10-18/h5-8,12,14,18,22H,9-11,13,15H2,1-4H3/t22-/m0/s1. The Hall–Kier alpha value is -2.14. The zero-order chi connectivity index (χ0) is 20.8. The lowest BCUT2D eigenvalue weighted by Gasteiger charge is -2.40. The number of amides is 2. The molecule has 0 radical (unpaired) electrons. The van der Waals surface area contributed by atoms with Gasteiger partial charge in [0.1, 0.15) is 6.54 Å². The molecule has 0 N–H and O–H groups in total. The van der Waals surface area contributed by atoms with E-state index in [0.717, 1.165) is 24.8 Å². The molecule has 1 aromatic heterocycles. The Kier molecular flexibility index (Phi) is 5.28. The van der Waals surface area contributed by atoms with Crippen LogP contribution in [0.4, 0.5) is 0 Å². The summed E-state index contributed by atoms with van der Waals surface area (Å²) in [6.07, 6.45) is 2.79. The highest BCUT2D eigenvalue weighted by Gasteiger charge is 2.40. The number of rotatable bonds is 4. The van der Waals surface area contributed by atoms with E-state index in [2.05, 4.69) is 42.6 Å². The molecule has 4 rings (SSSR count). The molecule has 1 saturated carbocycles. The van der Waals surface area contributed by atoms with Crippen molar-refractivity contribution in [1.29, 1.82) is 0 Å². The van der Waals surface area contributed by atoms with E-state index in [4.69, 9.17) is 0 Å². The fraction of sp³-hybridized carbons (Fsp3) is 0.500. The minimum atomic E-state index is -0.363. The minimum absolute atomic E-state index is 0.0383. The van der Waals surface area contributed by atoms with Crippen molar-refractivity contribution in [1.82, 2.24) is 9.80 Å². The first-order valence-corrected chi connectivity index (χ1v) is 11.4. The first kappa shape index (κ1) is 20.1. The molecular formula is C24H30N2O2S. The van der Waals surface area contributed by atoms with Crippen LogP contribution in [0.2, 0.25) is 0 Å². The average Bonchev–Trinajstić information content (AvgIpc) is 3.41. The fourth-order valence-corrected chi connectivity index (χ4v) is 5.02. The van der Waals surface area contributed by atoms with Crippen LogP contribution in [0.5, 0.6) is 0 Å². The highest BCUT2D eigenvalue weighted by Crippen LogP contribution is 2.38. The first-order valence-electron chi connectivity index (χ1n) is 10.5. The van der Waals surface area contributed by atoms with Crippen molar-refractivity contribution in [2.45, 2.75) is 58.5 Å². The third kappa shape index (κ3) is 4.11. The molecule has 2 aliphatic rings. The molecule has 1 aromatic carbocycles. The molecule has 0 spiro atoms. The van der Waals surface area contributed by atoms with Gasteiger partial charge in [-0.05, 0) is 69.5 Å². The summed E-state index contributed by atoms with van der Waals surface area (Å²) in [5.41, 5.74) is 3.22. The summed E-state index contributed by atoms with van der Waals surface area (Å²) >= 11 is 1.77. The molecule has 1 aliphatic heterocycles. The number of thiophene rings is 1. The van der Waals surface area contributed by atoms with E-state index in [9.17, 15) is 9.59 Å². The summed E-state index contributed by atoms with van der Waals surface area (Å²) in [4.78, 5) is 31.5. The van der Waals surface area contributed by atoms with E-state index < -0.39 is 0 Å². The number of carbonyl (C=O) groups is 2. The van der Waals surface area contributed by atoms with Crippen LogP contribution in [0.25, 0.3) is 0 Å². The number of carbonyl (C=O) groups excluding carboxylic acids is 2. The van der Waals surface area contributed by atoms with Gasteiger partial charge in [-0.15, -0.1) is 11.3 Å². The van der Waals surface area contributed by atoms with Crippen LogP contribution in [0.15, 0.2) is 35.7 Å². The Bertz CT molecular complexity index is 906. The lowest BCUT2D eigenvalue weighted by atomic mass is 9.92. The maximum Gasteiger partial charge on any atom is 0.243 e. The lowest BCUT2D eigenvalue weighted by molar-refractivity contribution is -0.146. The molecule has 5 heteroatoms. The Morgan fingerprint density at radius 2 is 1.83 bits per heavy atom. The second-order valence-electron chi connectivity index (χ2n) is 9.32. The topological polar surface area (TPSA) is 40.6 Å². The third-order valence-corrected chi connectivity index (χ3v) is 6.97. The van der Waals surface area contributed by atoms with E-state index in [1.165, 1.54) is 16.0 Å². The van der Waals surface area contributed by atoms with Gasteiger partial charge in [-0.2, -0.15) is 0 Å². The van der Waals surface area contributed by atoms with Crippen molar-refractivity contribution >= 4 is 23.2 Å². The van der Waals surface area contributed by atoms with Gasteiger partial charge in [-0.25, -0.2) is 0 Å². The third-order valence-electron chi connectivity index (χ3n) is 5.98. The fourth-order valence-electron chi connectivity index (χ4n) is 4.12. The molecule has 2 amide bonds. The maximum atomic E-state index is 13.5. The normalized spacial score (nSPS) is 19.0. The van der Waals surface area contributed by atoms with Crippen molar-refractivity contribution in [3.8, 4) is 0 Å². The van der Waals surface area contributed by atoms with Crippen LogP contribution < -0.4 is 0 Å². The van der Waals surface area contributed by atoms with Gasteiger partial charge in [0.25, 0.3) is 0 Å². The number of hydrogen-bond donors (Lipinski definition) is 0. The van der Waals surface area contributed by atoms with Gasteiger partial charge in [0.2, 0.25) is 11.8 Å². The van der Waals surface area contributed by atoms with Gasteiger partial charge in [-0.3, -0.25) is 9.59 Å². The van der Waals surface area contributed by atoms with Crippen LogP contribution in [-0.4, -0.2) is 40.2 Å². The Labute approximate surface area is 177 Å². The average molecular weight is 411 g/mol. The lowest BCUT2D eigenvalue weighted by Crippen LogP contribution is -2.53. The zero-order valence-corrected chi connectivity index (χ0v) is 18.6. The van der Waals surface area contributed by atoms with Gasteiger partial charge in [0, 0.05) is 22.9 Å². The van der Waals surface area contributed by atoms with E-state index in [0.29, 0.717) is 6.54 Å². The van der Waals surface area contributed by atoms with Gasteiger partial charge in [-0.1, -0.05) is 29.8 Å². The molecule has 0 saturated heterocycles. The highest BCUT2D eigenvalue weighted by atomic mass is 32.1. The van der Waals surface area contributed by atoms with E-state index >= 15 is 0 Å². The number of benzene rings is 1. The first-order chi connectivity index (χ1) is 13.8. The summed E-state index contributed by atoms with van der Waals surface area (Å²) in [5, 5.41) is 2.12. The van der Waals surface area contributed by atoms with Crippen molar-refractivity contribution in [3.05, 3.63) is 57.3 Å². The molecule has 0 bridgehead atoms. The van der Waals surface area contributed by atoms with Crippen molar-refractivity contribution < 1.29 is 9.59 Å². The van der Waals surface area contributed by atoms with Crippen LogP contribution in [-0.2, 0) is 16.0 Å². The number of aryl methyl sites for hydroxylation is 1. The molecular weight excluding hydrogens is 380 g/mol. The van der Waals surface area contributed by atoms with E-state index in [-0.39, 0.29) is 35.9 Å². The highest BCUT2D eigenvalue weighted by molar-refractivity contribution is 7.10. The summed E-state index contributed by atoms with van der Waals surface area (Å²) in [5.74, 6) is 0.280. The predicted octanol–water partition coefficient (Wildman–Crippen LogP) is 4.57. The molecule has 29 heavy (non-hydrogen) atoms. The summed E-state index contributed by atoms with van der Waals surface area (Å²) in [6, 6.07) is 10.6. The Morgan fingerprint density at radius 3 is 2.45 bits per heavy atom. The molecule has 1 fully saturated rings. The second kappa shape index (κ2) is 7.60. The second-order valence-corrected chi connectivity index (χ2v) is 10.3. The summed E-state index contributed by atoms with van der Waals surface area (Å²) < 4.78 is 0. The van der Waals surface area contributed by atoms with Gasteiger partial charge in [0.05, 0.1) is 6.04 Å². The number of hydrogen-bond acceptors (Lipinski definition) is 3. The molecule has 2 aromatic rings. The molecule has 2 heterocycles. The van der Waals surface area contributed by atoms with Crippen molar-refractivity contribution in [2.75, 3.05) is 13.1 Å². The summed E-state index contributed by atoms with van der Waals surface area (Å²) in [7, 11) is 0. The summed E-state index contributed by atoms with van der Waals surface area (Å²) in [6.45, 7) is 8.98. The van der Waals surface area contributed by atoms with Gasteiger partial charge in [0.15, 0.2) is 0 Å². The van der Waals surface area contributed by atoms with Crippen molar-refractivity contribution in [2.24, 2.45) is 5.92 Å². The maximum absolute atomic E-state index is 13.5. The van der Waals surface area contributed by atoms with Crippen LogP contribution >= 0.6 is 11.3 Å². The van der Waals surface area contributed by atoms with E-state index in [1.54, 1.807) is 16.2 Å². The molecule has 0 unspecified atom stereocenters. The molecule has 4 nitrogen and oxygen atoms in total. The van der Waals surface area contributed by atoms with Gasteiger partial charge < -0.3 is 9.80 Å². The predicted molar refractivity (Wildman–Crippen MR) is 117 cm³/mol. The van der Waals surface area contributed by atoms with Crippen LogP contribution in [0.1, 0.15) is 61.2 Å². The largest absolute Gasteiger partial charge is 0.330 e. The van der Waals surface area contributed by atoms with E-state index in [1.807, 2.05) is 25.7 Å². The van der Waals surface area contributed by atoms with Crippen molar-refractivity contribution in [3.63, 3.8) is 0 Å². The quantitative estimate of drug-likeness (QED) is 0.741. The Morgan fingerprint density at radius 1 is 1.14 bits per heavy atom. The minimum Gasteiger partial charge on any atom is -0.330 e. The zero-order valence-electron chi connectivity index (χ0n) is 17.8. The molecule has 1 aliphatic carbocycles. The van der Waals surface area contributed by atoms with Crippen LogP contribution in [0.3, 0.4) is 0 Å². The number of fused-ring (bicyclic) bond motifs is 1. The monoisotopic (exact) mass is 410 g/mol.